The van der Waals surface area contributed by atoms with Crippen molar-refractivity contribution >= 4 is 35.5 Å². The number of carbonyl (C=O) groups is 2. The number of rotatable bonds is 6. The molecule has 1 amide bonds. The van der Waals surface area contributed by atoms with Crippen molar-refractivity contribution in [2.24, 2.45) is 0 Å². The van der Waals surface area contributed by atoms with Gasteiger partial charge in [-0.1, -0.05) is 38.1 Å². The lowest BCUT2D eigenvalue weighted by atomic mass is 9.79. The number of pyridine rings is 2. The highest BCUT2D eigenvalue weighted by atomic mass is 16.7. The average Bonchev–Trinajstić information content (AvgIpc) is 3.53. The lowest BCUT2D eigenvalue weighted by Crippen LogP contribution is -2.44. The fourth-order valence-electron chi connectivity index (χ4n) is 6.70. The Balaban J connectivity index is 1.09. The molecule has 1 fully saturated rings. The van der Waals surface area contributed by atoms with E-state index in [2.05, 4.69) is 5.32 Å². The van der Waals surface area contributed by atoms with Gasteiger partial charge in [-0.3, -0.25) is 4.79 Å². The van der Waals surface area contributed by atoms with Crippen molar-refractivity contribution in [1.29, 1.82) is 0 Å². The molecule has 12 heteroatoms. The molecule has 7 rings (SSSR count). The molecule has 0 bridgehead atoms. The van der Waals surface area contributed by atoms with Crippen molar-refractivity contribution in [2.45, 2.75) is 90.9 Å². The second kappa shape index (κ2) is 11.3. The standard InChI is InChI=1S/C36H38BN3O8/c1-7-23-24-15-22(46-33(43)38-17-20-9-11-21(12-10-20)37-47-34(3,4)35(5,6)48-37)13-14-28(24)39-30-25(23)18-40-29(30)16-27-26(31(40)41)19-45-32(42)36(27,44)8-2/h9-16,44H,7-8,17-19H2,1-6H3,(H,38,43)/t36-/m0/s1. The Morgan fingerprint density at radius 1 is 1.02 bits per heavy atom. The van der Waals surface area contributed by atoms with E-state index < -0.39 is 36.0 Å². The Labute approximate surface area is 278 Å². The minimum Gasteiger partial charge on any atom is -0.458 e. The van der Waals surface area contributed by atoms with E-state index in [-0.39, 0.29) is 36.3 Å². The van der Waals surface area contributed by atoms with E-state index in [1.54, 1.807) is 35.8 Å². The molecule has 1 saturated heterocycles. The van der Waals surface area contributed by atoms with Crippen LogP contribution in [0.1, 0.15) is 75.8 Å². The summed E-state index contributed by atoms with van der Waals surface area (Å²) in [5.41, 5.74) is 3.01. The monoisotopic (exact) mass is 651 g/mol. The number of hydrogen-bond donors (Lipinski definition) is 2. The van der Waals surface area contributed by atoms with Crippen molar-refractivity contribution < 1.29 is 33.5 Å². The van der Waals surface area contributed by atoms with Crippen LogP contribution in [-0.2, 0) is 50.6 Å². The normalized spacial score (nSPS) is 20.2. The fourth-order valence-corrected chi connectivity index (χ4v) is 6.70. The lowest BCUT2D eigenvalue weighted by molar-refractivity contribution is -0.172. The van der Waals surface area contributed by atoms with E-state index >= 15 is 0 Å². The maximum atomic E-state index is 13.6. The van der Waals surface area contributed by atoms with Crippen LogP contribution < -0.4 is 21.1 Å². The molecule has 5 heterocycles. The number of carbonyl (C=O) groups excluding carboxylic acids is 2. The molecule has 1 atom stereocenters. The summed E-state index contributed by atoms with van der Waals surface area (Å²) in [5.74, 6) is -0.396. The molecule has 2 aromatic heterocycles. The highest BCUT2D eigenvalue weighted by Gasteiger charge is 2.51. The molecule has 0 radical (unpaired) electrons. The molecule has 2 aromatic carbocycles. The SMILES string of the molecule is CCc1c2c(nc3ccc(OC(=O)NCc4ccc(B5OC(C)(C)C(C)(C)O5)cc4)cc13)-c1cc3c(c(=O)n1C2)COC(=O)[C@]3(O)CC. The highest BCUT2D eigenvalue weighted by Crippen LogP contribution is 2.41. The number of amides is 1. The first kappa shape index (κ1) is 32.1. The number of ether oxygens (including phenoxy) is 2. The van der Waals surface area contributed by atoms with Crippen LogP contribution in [0.2, 0.25) is 0 Å². The zero-order chi connectivity index (χ0) is 34.2. The van der Waals surface area contributed by atoms with Crippen LogP contribution in [0.5, 0.6) is 5.75 Å². The number of esters is 1. The van der Waals surface area contributed by atoms with Gasteiger partial charge in [0, 0.05) is 23.1 Å². The number of hydrogen-bond acceptors (Lipinski definition) is 9. The maximum absolute atomic E-state index is 13.6. The predicted octanol–water partition coefficient (Wildman–Crippen LogP) is 4.23. The second-order valence-corrected chi connectivity index (χ2v) is 13.6. The first-order chi connectivity index (χ1) is 22.8. The number of benzene rings is 2. The Hall–Kier alpha value is -4.52. The predicted molar refractivity (Wildman–Crippen MR) is 179 cm³/mol. The third-order valence-electron chi connectivity index (χ3n) is 10.3. The van der Waals surface area contributed by atoms with E-state index in [9.17, 15) is 19.5 Å². The summed E-state index contributed by atoms with van der Waals surface area (Å²) in [7, 11) is -0.458. The lowest BCUT2D eigenvalue weighted by Gasteiger charge is -2.32. The van der Waals surface area contributed by atoms with Gasteiger partial charge in [0.05, 0.1) is 40.2 Å². The number of fused-ring (bicyclic) bond motifs is 5. The van der Waals surface area contributed by atoms with Crippen LogP contribution in [0.3, 0.4) is 0 Å². The molecule has 2 N–H and O–H groups in total. The fraction of sp³-hybridized carbons (Fsp3) is 0.389. The van der Waals surface area contributed by atoms with Gasteiger partial charge in [0.15, 0.2) is 5.60 Å². The van der Waals surface area contributed by atoms with E-state index in [0.29, 0.717) is 35.6 Å². The average molecular weight is 652 g/mol. The van der Waals surface area contributed by atoms with Gasteiger partial charge in [0.25, 0.3) is 5.56 Å². The number of aryl methyl sites for hydroxylation is 1. The largest absolute Gasteiger partial charge is 0.494 e. The molecular formula is C36H38BN3O8. The van der Waals surface area contributed by atoms with Gasteiger partial charge in [0.2, 0.25) is 0 Å². The van der Waals surface area contributed by atoms with Gasteiger partial charge >= 0.3 is 19.2 Å². The van der Waals surface area contributed by atoms with Crippen molar-refractivity contribution in [3.8, 4) is 17.1 Å². The summed E-state index contributed by atoms with van der Waals surface area (Å²) in [6, 6.07) is 14.7. The Morgan fingerprint density at radius 3 is 2.40 bits per heavy atom. The van der Waals surface area contributed by atoms with Gasteiger partial charge in [0.1, 0.15) is 12.4 Å². The number of nitrogens with zero attached hydrogens (tertiary/aromatic N) is 2. The third kappa shape index (κ3) is 5.01. The van der Waals surface area contributed by atoms with Crippen LogP contribution in [0, 0.1) is 0 Å². The molecule has 0 unspecified atom stereocenters. The molecule has 0 saturated carbocycles. The Morgan fingerprint density at radius 2 is 1.73 bits per heavy atom. The van der Waals surface area contributed by atoms with Gasteiger partial charge in [-0.2, -0.15) is 0 Å². The van der Waals surface area contributed by atoms with E-state index in [4.69, 9.17) is 23.8 Å². The van der Waals surface area contributed by atoms with Crippen molar-refractivity contribution in [3.05, 3.63) is 86.7 Å². The molecule has 4 aromatic rings. The molecule has 0 aliphatic carbocycles. The minimum atomic E-state index is -1.89. The smallest absolute Gasteiger partial charge is 0.458 e. The molecule has 48 heavy (non-hydrogen) atoms. The number of cyclic esters (lactones) is 1. The topological polar surface area (TPSA) is 138 Å². The maximum Gasteiger partial charge on any atom is 0.494 e. The van der Waals surface area contributed by atoms with Crippen molar-refractivity contribution in [2.75, 3.05) is 0 Å². The minimum absolute atomic E-state index is 0.0745. The molecule has 248 valence electrons. The molecular weight excluding hydrogens is 613 g/mol. The zero-order valence-electron chi connectivity index (χ0n) is 27.9. The molecule has 3 aliphatic heterocycles. The number of nitrogens with one attached hydrogen (secondary N) is 1. The summed E-state index contributed by atoms with van der Waals surface area (Å²) < 4.78 is 24.7. The molecule has 0 spiro atoms. The quantitative estimate of drug-likeness (QED) is 0.204. The van der Waals surface area contributed by atoms with Crippen LogP contribution in [-0.4, -0.2) is 45.0 Å². The van der Waals surface area contributed by atoms with Gasteiger partial charge in [-0.05, 0) is 81.4 Å². The number of aliphatic hydroxyl groups is 1. The molecule has 11 nitrogen and oxygen atoms in total. The van der Waals surface area contributed by atoms with E-state index in [1.807, 2.05) is 58.9 Å². The summed E-state index contributed by atoms with van der Waals surface area (Å²) in [5, 5.41) is 14.8. The van der Waals surface area contributed by atoms with E-state index in [1.165, 1.54) is 0 Å². The van der Waals surface area contributed by atoms with Crippen LogP contribution >= 0.6 is 0 Å². The first-order valence-electron chi connectivity index (χ1n) is 16.3. The zero-order valence-corrected chi connectivity index (χ0v) is 27.9. The third-order valence-corrected chi connectivity index (χ3v) is 10.3. The van der Waals surface area contributed by atoms with Crippen LogP contribution in [0.15, 0.2) is 53.3 Å². The highest BCUT2D eigenvalue weighted by molar-refractivity contribution is 6.62. The van der Waals surface area contributed by atoms with Crippen molar-refractivity contribution in [1.82, 2.24) is 14.9 Å². The number of aromatic nitrogens is 2. The van der Waals surface area contributed by atoms with Gasteiger partial charge < -0.3 is 33.8 Å². The summed E-state index contributed by atoms with van der Waals surface area (Å²) >= 11 is 0. The molecule has 3 aliphatic rings. The summed E-state index contributed by atoms with van der Waals surface area (Å²) in [6.07, 6.45) is 0.119. The second-order valence-electron chi connectivity index (χ2n) is 13.6. The summed E-state index contributed by atoms with van der Waals surface area (Å²) in [6.45, 7) is 12.1. The van der Waals surface area contributed by atoms with Crippen LogP contribution in [0.4, 0.5) is 4.79 Å². The Kier molecular flexibility index (Phi) is 7.54. The van der Waals surface area contributed by atoms with Crippen LogP contribution in [0.25, 0.3) is 22.3 Å². The summed E-state index contributed by atoms with van der Waals surface area (Å²) in [4.78, 5) is 43.8. The van der Waals surface area contributed by atoms with Gasteiger partial charge in [-0.15, -0.1) is 0 Å². The van der Waals surface area contributed by atoms with Gasteiger partial charge in [-0.25, -0.2) is 14.6 Å². The van der Waals surface area contributed by atoms with Crippen molar-refractivity contribution in [3.63, 3.8) is 0 Å². The first-order valence-corrected chi connectivity index (χ1v) is 16.3. The van der Waals surface area contributed by atoms with E-state index in [0.717, 1.165) is 27.5 Å². The Bertz CT molecular complexity index is 2040.